The molecule has 6 heteroatoms. The summed E-state index contributed by atoms with van der Waals surface area (Å²) in [7, 11) is 0. The van der Waals surface area contributed by atoms with E-state index in [4.69, 9.17) is 5.73 Å². The number of anilines is 1. The van der Waals surface area contributed by atoms with Crippen LogP contribution >= 0.6 is 0 Å². The van der Waals surface area contributed by atoms with Crippen molar-refractivity contribution in [3.63, 3.8) is 0 Å². The molecule has 1 aromatic carbocycles. The first-order valence-corrected chi connectivity index (χ1v) is 7.01. The minimum absolute atomic E-state index is 0.00944. The number of halogens is 3. The average Bonchev–Trinajstić information content (AvgIpc) is 2.37. The van der Waals surface area contributed by atoms with E-state index >= 15 is 0 Å². The molecule has 0 aliphatic carbocycles. The highest BCUT2D eigenvalue weighted by molar-refractivity contribution is 6.00. The predicted molar refractivity (Wildman–Crippen MR) is 74.8 cm³/mol. The van der Waals surface area contributed by atoms with Crippen molar-refractivity contribution in [1.29, 1.82) is 0 Å². The van der Waals surface area contributed by atoms with Crippen LogP contribution in [0.5, 0.6) is 0 Å². The number of amides is 1. The number of carbonyl (C=O) groups is 1. The summed E-state index contributed by atoms with van der Waals surface area (Å²) in [5.74, 6) is -0.418. The number of hydrogen-bond donors (Lipinski definition) is 1. The quantitative estimate of drug-likeness (QED) is 0.804. The molecule has 1 aliphatic heterocycles. The van der Waals surface area contributed by atoms with Gasteiger partial charge >= 0.3 is 6.18 Å². The zero-order valence-electron chi connectivity index (χ0n) is 12.1. The summed E-state index contributed by atoms with van der Waals surface area (Å²) >= 11 is 0. The van der Waals surface area contributed by atoms with Crippen molar-refractivity contribution in [2.45, 2.75) is 51.4 Å². The minimum atomic E-state index is -4.56. The summed E-state index contributed by atoms with van der Waals surface area (Å²) < 4.78 is 38.6. The largest absolute Gasteiger partial charge is 0.418 e. The van der Waals surface area contributed by atoms with Gasteiger partial charge in [0.15, 0.2) is 0 Å². The third-order valence-electron chi connectivity index (χ3n) is 4.07. The zero-order valence-corrected chi connectivity index (χ0v) is 12.1. The highest BCUT2D eigenvalue weighted by atomic mass is 19.4. The van der Waals surface area contributed by atoms with Gasteiger partial charge in [0.05, 0.1) is 16.8 Å². The van der Waals surface area contributed by atoms with Crippen LogP contribution in [0.2, 0.25) is 0 Å². The van der Waals surface area contributed by atoms with Gasteiger partial charge in [-0.3, -0.25) is 4.79 Å². The van der Waals surface area contributed by atoms with Crippen LogP contribution in [0.4, 0.5) is 18.9 Å². The van der Waals surface area contributed by atoms with Gasteiger partial charge in [-0.05, 0) is 45.2 Å². The Balaban J connectivity index is 2.40. The lowest BCUT2D eigenvalue weighted by Gasteiger charge is -2.39. The summed E-state index contributed by atoms with van der Waals surface area (Å²) in [5, 5.41) is 0. The molecular weight excluding hydrogens is 281 g/mol. The molecule has 0 radical (unpaired) electrons. The number of piperidine rings is 1. The molecule has 1 aromatic rings. The van der Waals surface area contributed by atoms with Crippen LogP contribution in [0.3, 0.4) is 0 Å². The lowest BCUT2D eigenvalue weighted by molar-refractivity contribution is -0.136. The van der Waals surface area contributed by atoms with Crippen LogP contribution in [0.1, 0.15) is 49.0 Å². The van der Waals surface area contributed by atoms with Gasteiger partial charge in [0.25, 0.3) is 5.91 Å². The molecule has 3 nitrogen and oxygen atoms in total. The second-order valence-corrected chi connectivity index (χ2v) is 5.61. The molecule has 2 rings (SSSR count). The Labute approximate surface area is 121 Å². The van der Waals surface area contributed by atoms with Gasteiger partial charge in [0.2, 0.25) is 0 Å². The van der Waals surface area contributed by atoms with E-state index in [2.05, 4.69) is 0 Å². The molecule has 0 aromatic heterocycles. The topological polar surface area (TPSA) is 46.3 Å². The Morgan fingerprint density at radius 3 is 2.33 bits per heavy atom. The molecule has 0 bridgehead atoms. The van der Waals surface area contributed by atoms with Crippen LogP contribution in [-0.2, 0) is 6.18 Å². The fraction of sp³-hybridized carbons (Fsp3) is 0.533. The second-order valence-electron chi connectivity index (χ2n) is 5.61. The molecule has 1 heterocycles. The zero-order chi connectivity index (χ0) is 15.8. The van der Waals surface area contributed by atoms with Crippen LogP contribution in [0.25, 0.3) is 0 Å². The number of rotatable bonds is 1. The van der Waals surface area contributed by atoms with Gasteiger partial charge in [-0.25, -0.2) is 0 Å². The standard InChI is InChI=1S/C15H19F3N2O/c1-9-5-3-6-10(2)20(9)14(21)11-7-4-8-12(13(11)19)15(16,17)18/h4,7-10H,3,5-6,19H2,1-2H3. The molecule has 1 saturated heterocycles. The number of hydrogen-bond acceptors (Lipinski definition) is 2. The van der Waals surface area contributed by atoms with Crippen molar-refractivity contribution in [3.05, 3.63) is 29.3 Å². The molecule has 2 atom stereocenters. The third-order valence-corrected chi connectivity index (χ3v) is 4.07. The van der Waals surface area contributed by atoms with Crippen LogP contribution in [-0.4, -0.2) is 22.9 Å². The SMILES string of the molecule is CC1CCCC(C)N1C(=O)c1cccc(C(F)(F)F)c1N. The highest BCUT2D eigenvalue weighted by Gasteiger charge is 2.36. The van der Waals surface area contributed by atoms with E-state index in [1.54, 1.807) is 4.90 Å². The van der Waals surface area contributed by atoms with E-state index in [-0.39, 0.29) is 17.6 Å². The van der Waals surface area contributed by atoms with Crippen LogP contribution in [0.15, 0.2) is 18.2 Å². The maximum Gasteiger partial charge on any atom is 0.418 e. The minimum Gasteiger partial charge on any atom is -0.398 e. The molecule has 1 aliphatic rings. The Hall–Kier alpha value is -1.72. The average molecular weight is 300 g/mol. The van der Waals surface area contributed by atoms with Crippen molar-refractivity contribution in [2.24, 2.45) is 0 Å². The molecule has 0 saturated carbocycles. The molecule has 1 fully saturated rings. The number of nitrogen functional groups attached to an aromatic ring is 1. The molecule has 116 valence electrons. The summed E-state index contributed by atoms with van der Waals surface area (Å²) in [4.78, 5) is 14.2. The Bertz CT molecular complexity index is 532. The number of carbonyl (C=O) groups excluding carboxylic acids is 1. The number of nitrogens with two attached hydrogens (primary N) is 1. The molecule has 2 unspecified atom stereocenters. The van der Waals surface area contributed by atoms with Crippen molar-refractivity contribution in [3.8, 4) is 0 Å². The fourth-order valence-corrected chi connectivity index (χ4v) is 2.96. The number of likely N-dealkylation sites (tertiary alicyclic amines) is 1. The molecule has 1 amide bonds. The maximum absolute atomic E-state index is 12.9. The summed E-state index contributed by atoms with van der Waals surface area (Å²) in [5.41, 5.74) is 4.10. The van der Waals surface area contributed by atoms with Gasteiger partial charge < -0.3 is 10.6 Å². The van der Waals surface area contributed by atoms with Gasteiger partial charge in [-0.1, -0.05) is 6.07 Å². The smallest absolute Gasteiger partial charge is 0.398 e. The molecule has 2 N–H and O–H groups in total. The number of nitrogens with zero attached hydrogens (tertiary/aromatic N) is 1. The van der Waals surface area contributed by atoms with Crippen molar-refractivity contribution in [1.82, 2.24) is 4.90 Å². The highest BCUT2D eigenvalue weighted by Crippen LogP contribution is 2.36. The molecular formula is C15H19F3N2O. The van der Waals surface area contributed by atoms with E-state index in [1.807, 2.05) is 13.8 Å². The first-order chi connectivity index (χ1) is 9.73. The van der Waals surface area contributed by atoms with Crippen LogP contribution in [0, 0.1) is 0 Å². The lowest BCUT2D eigenvalue weighted by Crippen LogP contribution is -2.47. The predicted octanol–water partition coefficient (Wildman–Crippen LogP) is 3.69. The van der Waals surface area contributed by atoms with E-state index in [0.717, 1.165) is 25.3 Å². The van der Waals surface area contributed by atoms with Crippen LogP contribution < -0.4 is 5.73 Å². The third kappa shape index (κ3) is 2.99. The van der Waals surface area contributed by atoms with Crippen molar-refractivity contribution >= 4 is 11.6 Å². The van der Waals surface area contributed by atoms with Crippen molar-refractivity contribution in [2.75, 3.05) is 5.73 Å². The normalized spacial score (nSPS) is 23.2. The first kappa shape index (κ1) is 15.7. The molecule has 21 heavy (non-hydrogen) atoms. The van der Waals surface area contributed by atoms with Crippen molar-refractivity contribution < 1.29 is 18.0 Å². The molecule has 0 spiro atoms. The number of para-hydroxylation sites is 1. The summed E-state index contributed by atoms with van der Waals surface area (Å²) in [6.07, 6.45) is -1.83. The maximum atomic E-state index is 12.9. The number of alkyl halides is 3. The Morgan fingerprint density at radius 1 is 1.24 bits per heavy atom. The van der Waals surface area contributed by atoms with Gasteiger partial charge in [-0.15, -0.1) is 0 Å². The lowest BCUT2D eigenvalue weighted by atomic mass is 9.95. The van der Waals surface area contributed by atoms with E-state index in [1.165, 1.54) is 12.1 Å². The summed E-state index contributed by atoms with van der Waals surface area (Å²) in [6.45, 7) is 3.83. The summed E-state index contributed by atoms with van der Waals surface area (Å²) in [6, 6.07) is 3.51. The second kappa shape index (κ2) is 5.58. The fourth-order valence-electron chi connectivity index (χ4n) is 2.96. The Morgan fingerprint density at radius 2 is 1.81 bits per heavy atom. The van der Waals surface area contributed by atoms with Gasteiger partial charge in [-0.2, -0.15) is 13.2 Å². The van der Waals surface area contributed by atoms with E-state index < -0.39 is 23.3 Å². The van der Waals surface area contributed by atoms with Gasteiger partial charge in [0, 0.05) is 12.1 Å². The van der Waals surface area contributed by atoms with E-state index in [9.17, 15) is 18.0 Å². The Kier molecular flexibility index (Phi) is 4.16. The monoisotopic (exact) mass is 300 g/mol. The van der Waals surface area contributed by atoms with Gasteiger partial charge in [0.1, 0.15) is 0 Å². The number of benzene rings is 1. The first-order valence-electron chi connectivity index (χ1n) is 7.01. The van der Waals surface area contributed by atoms with E-state index in [0.29, 0.717) is 0 Å².